The van der Waals surface area contributed by atoms with Crippen molar-refractivity contribution in [3.63, 3.8) is 0 Å². The monoisotopic (exact) mass is 336 g/mol. The highest BCUT2D eigenvalue weighted by atomic mass is 16.4. The molecule has 0 heterocycles. The topological polar surface area (TPSA) is 77.8 Å². The van der Waals surface area contributed by atoms with Gasteiger partial charge in [0.15, 0.2) is 0 Å². The number of rotatable bonds is 14. The molecule has 4 nitrogen and oxygen atoms in total. The number of carbonyl (C=O) groups is 1. The number of hydrogen-bond donors (Lipinski definition) is 3. The number of unbranched alkanes of at least 4 members (excludes halogenated alkanes) is 3. The maximum atomic E-state index is 10.3. The molecule has 3 N–H and O–H groups in total. The average molecular weight is 336 g/mol. The highest BCUT2D eigenvalue weighted by Crippen LogP contribution is 2.03. The molecule has 0 saturated heterocycles. The first-order chi connectivity index (χ1) is 11.6. The van der Waals surface area contributed by atoms with E-state index in [1.165, 1.54) is 19.3 Å². The van der Waals surface area contributed by atoms with E-state index in [-0.39, 0.29) is 6.42 Å². The van der Waals surface area contributed by atoms with Crippen LogP contribution in [0.4, 0.5) is 0 Å². The highest BCUT2D eigenvalue weighted by molar-refractivity contribution is 5.66. The molecule has 0 aliphatic heterocycles. The highest BCUT2D eigenvalue weighted by Gasteiger charge is 2.01. The van der Waals surface area contributed by atoms with Crippen LogP contribution in [-0.2, 0) is 4.79 Å². The first-order valence-corrected chi connectivity index (χ1v) is 8.80. The van der Waals surface area contributed by atoms with Crippen LogP contribution in [0.5, 0.6) is 0 Å². The molecule has 4 heteroatoms. The molecule has 0 aromatic carbocycles. The number of carboxylic acid groups (broad SMARTS) is 1. The number of allylic oxidation sites excluding steroid dienone is 5. The largest absolute Gasteiger partial charge is 0.481 e. The van der Waals surface area contributed by atoms with E-state index < -0.39 is 18.2 Å². The Morgan fingerprint density at radius 1 is 0.917 bits per heavy atom. The fourth-order valence-corrected chi connectivity index (χ4v) is 2.02. The summed E-state index contributed by atoms with van der Waals surface area (Å²) in [5, 5.41) is 27.9. The zero-order valence-electron chi connectivity index (χ0n) is 14.7. The summed E-state index contributed by atoms with van der Waals surface area (Å²) in [5.74, 6) is -0.842. The van der Waals surface area contributed by atoms with Crippen molar-refractivity contribution in [3.05, 3.63) is 48.6 Å². The van der Waals surface area contributed by atoms with Crippen LogP contribution in [0.25, 0.3) is 0 Å². The summed E-state index contributed by atoms with van der Waals surface area (Å²) in [6, 6.07) is 0. The molecule has 0 spiro atoms. The summed E-state index contributed by atoms with van der Waals surface area (Å²) < 4.78 is 0. The molecule has 0 unspecified atom stereocenters. The molecule has 0 aliphatic rings. The SMILES string of the molecule is CCCCCC=CC[C@@H](O)/C=C/C=C/C=C[C@@H](O)CCCC(=O)O. The molecule has 0 aliphatic carbocycles. The van der Waals surface area contributed by atoms with Gasteiger partial charge in [0.1, 0.15) is 0 Å². The fourth-order valence-electron chi connectivity index (χ4n) is 2.02. The predicted molar refractivity (Wildman–Crippen MR) is 98.8 cm³/mol. The van der Waals surface area contributed by atoms with Gasteiger partial charge in [-0.1, -0.05) is 68.4 Å². The zero-order chi connectivity index (χ0) is 18.0. The number of aliphatic hydroxyl groups is 2. The molecule has 0 radical (unpaired) electrons. The minimum Gasteiger partial charge on any atom is -0.481 e. The summed E-state index contributed by atoms with van der Waals surface area (Å²) in [4.78, 5) is 10.3. The Kier molecular flexibility index (Phi) is 15.1. The first-order valence-electron chi connectivity index (χ1n) is 8.80. The molecule has 0 amide bonds. The van der Waals surface area contributed by atoms with E-state index in [2.05, 4.69) is 13.0 Å². The van der Waals surface area contributed by atoms with E-state index in [1.807, 2.05) is 6.08 Å². The van der Waals surface area contributed by atoms with Crippen molar-refractivity contribution in [2.45, 2.75) is 70.5 Å². The summed E-state index contributed by atoms with van der Waals surface area (Å²) in [6.07, 6.45) is 19.8. The lowest BCUT2D eigenvalue weighted by Crippen LogP contribution is -2.03. The third kappa shape index (κ3) is 16.7. The average Bonchev–Trinajstić information content (AvgIpc) is 2.53. The lowest BCUT2D eigenvalue weighted by Gasteiger charge is -2.02. The Bertz CT molecular complexity index is 421. The fraction of sp³-hybridized carbons (Fsp3) is 0.550. The van der Waals surface area contributed by atoms with Gasteiger partial charge in [0.2, 0.25) is 0 Å². The zero-order valence-corrected chi connectivity index (χ0v) is 14.7. The molecule has 0 rings (SSSR count). The summed E-state index contributed by atoms with van der Waals surface area (Å²) in [6.45, 7) is 2.18. The van der Waals surface area contributed by atoms with Gasteiger partial charge >= 0.3 is 5.97 Å². The molecular weight excluding hydrogens is 304 g/mol. The summed E-state index contributed by atoms with van der Waals surface area (Å²) in [5.41, 5.74) is 0. The number of aliphatic hydroxyl groups excluding tert-OH is 2. The van der Waals surface area contributed by atoms with Gasteiger partial charge in [-0.05, 0) is 32.1 Å². The Morgan fingerprint density at radius 3 is 2.21 bits per heavy atom. The van der Waals surface area contributed by atoms with Crippen molar-refractivity contribution in [2.75, 3.05) is 0 Å². The smallest absolute Gasteiger partial charge is 0.303 e. The third-order valence-corrected chi connectivity index (χ3v) is 3.41. The van der Waals surface area contributed by atoms with Crippen LogP contribution in [0.3, 0.4) is 0 Å². The molecule has 2 atom stereocenters. The van der Waals surface area contributed by atoms with E-state index in [9.17, 15) is 15.0 Å². The van der Waals surface area contributed by atoms with Crippen LogP contribution in [0.1, 0.15) is 58.3 Å². The normalized spacial score (nSPS) is 15.1. The first kappa shape index (κ1) is 22.4. The number of carboxylic acids is 1. The van der Waals surface area contributed by atoms with Crippen LogP contribution in [-0.4, -0.2) is 33.5 Å². The van der Waals surface area contributed by atoms with Crippen molar-refractivity contribution in [1.82, 2.24) is 0 Å². The number of aliphatic carboxylic acids is 1. The Labute approximate surface area is 145 Å². The van der Waals surface area contributed by atoms with E-state index in [0.717, 1.165) is 6.42 Å². The molecular formula is C20H32O4. The van der Waals surface area contributed by atoms with Crippen LogP contribution in [0.15, 0.2) is 48.6 Å². The van der Waals surface area contributed by atoms with Crippen molar-refractivity contribution >= 4 is 5.97 Å². The molecule has 24 heavy (non-hydrogen) atoms. The van der Waals surface area contributed by atoms with E-state index in [0.29, 0.717) is 19.3 Å². The summed E-state index contributed by atoms with van der Waals surface area (Å²) >= 11 is 0. The van der Waals surface area contributed by atoms with E-state index in [4.69, 9.17) is 5.11 Å². The van der Waals surface area contributed by atoms with Crippen molar-refractivity contribution in [2.24, 2.45) is 0 Å². The maximum Gasteiger partial charge on any atom is 0.303 e. The molecule has 0 aromatic heterocycles. The second-order valence-corrected chi connectivity index (χ2v) is 5.78. The van der Waals surface area contributed by atoms with Gasteiger partial charge in [0.05, 0.1) is 12.2 Å². The number of hydrogen-bond acceptors (Lipinski definition) is 3. The summed E-state index contributed by atoms with van der Waals surface area (Å²) in [7, 11) is 0. The minimum absolute atomic E-state index is 0.0778. The predicted octanol–water partition coefficient (Wildman–Crippen LogP) is 4.16. The van der Waals surface area contributed by atoms with Crippen molar-refractivity contribution in [3.8, 4) is 0 Å². The third-order valence-electron chi connectivity index (χ3n) is 3.41. The second-order valence-electron chi connectivity index (χ2n) is 5.78. The molecule has 0 fully saturated rings. The van der Waals surface area contributed by atoms with Crippen LogP contribution in [0, 0.1) is 0 Å². The molecule has 0 bridgehead atoms. The van der Waals surface area contributed by atoms with E-state index >= 15 is 0 Å². The van der Waals surface area contributed by atoms with Gasteiger partial charge < -0.3 is 15.3 Å². The van der Waals surface area contributed by atoms with Gasteiger partial charge in [-0.3, -0.25) is 4.79 Å². The van der Waals surface area contributed by atoms with Gasteiger partial charge in [-0.25, -0.2) is 0 Å². The van der Waals surface area contributed by atoms with Gasteiger partial charge in [0.25, 0.3) is 0 Å². The minimum atomic E-state index is -0.842. The lowest BCUT2D eigenvalue weighted by molar-refractivity contribution is -0.137. The Hall–Kier alpha value is -1.65. The quantitative estimate of drug-likeness (QED) is 0.253. The van der Waals surface area contributed by atoms with E-state index in [1.54, 1.807) is 36.5 Å². The van der Waals surface area contributed by atoms with Crippen LogP contribution >= 0.6 is 0 Å². The molecule has 136 valence electrons. The van der Waals surface area contributed by atoms with Crippen LogP contribution < -0.4 is 0 Å². The second kappa shape index (κ2) is 16.2. The lowest BCUT2D eigenvalue weighted by atomic mass is 10.1. The Morgan fingerprint density at radius 2 is 1.58 bits per heavy atom. The molecule has 0 saturated carbocycles. The standard InChI is InChI=1S/C20H32O4/c1-2-3-4-5-6-9-13-18(21)14-10-7-8-11-15-19(22)16-12-17-20(23)24/h6-11,14-15,18-19,21-22H,2-5,12-13,16-17H2,1H3,(H,23,24)/b8-7+,9-6?,14-10+,15-11?/t18-,19-/m1/s1. The van der Waals surface area contributed by atoms with Crippen LogP contribution in [0.2, 0.25) is 0 Å². The van der Waals surface area contributed by atoms with Gasteiger partial charge in [-0.2, -0.15) is 0 Å². The van der Waals surface area contributed by atoms with Gasteiger partial charge in [-0.15, -0.1) is 0 Å². The maximum absolute atomic E-state index is 10.3. The van der Waals surface area contributed by atoms with Crippen molar-refractivity contribution in [1.29, 1.82) is 0 Å². The van der Waals surface area contributed by atoms with Crippen molar-refractivity contribution < 1.29 is 20.1 Å². The molecule has 0 aromatic rings. The Balaban J connectivity index is 3.81. The van der Waals surface area contributed by atoms with Gasteiger partial charge in [0, 0.05) is 6.42 Å².